The second-order valence-electron chi connectivity index (χ2n) is 5.35. The first-order valence-corrected chi connectivity index (χ1v) is 7.48. The van der Waals surface area contributed by atoms with Gasteiger partial charge < -0.3 is 20.5 Å². The summed E-state index contributed by atoms with van der Waals surface area (Å²) in [7, 11) is 0. The van der Waals surface area contributed by atoms with Gasteiger partial charge in [0.25, 0.3) is 0 Å². The van der Waals surface area contributed by atoms with Gasteiger partial charge in [0.1, 0.15) is 0 Å². The third kappa shape index (κ3) is 3.64. The first-order chi connectivity index (χ1) is 10.6. The fourth-order valence-electron chi connectivity index (χ4n) is 2.45. The molecule has 0 radical (unpaired) electrons. The first-order valence-electron chi connectivity index (χ1n) is 7.48. The second kappa shape index (κ2) is 7.38. The molecule has 1 aliphatic heterocycles. The minimum atomic E-state index is -0.571. The summed E-state index contributed by atoms with van der Waals surface area (Å²) in [5.74, 6) is -0.467. The van der Waals surface area contributed by atoms with E-state index in [0.29, 0.717) is 50.5 Å². The summed E-state index contributed by atoms with van der Waals surface area (Å²) in [6, 6.07) is 6.64. The molecular formula is C16H22N2O4. The number of nitrogens with one attached hydrogen (secondary N) is 1. The molecule has 1 saturated heterocycles. The number of rotatable bonds is 5. The quantitative estimate of drug-likeness (QED) is 0.806. The van der Waals surface area contributed by atoms with Crippen molar-refractivity contribution in [3.05, 3.63) is 29.8 Å². The number of nitrogens with two attached hydrogens (primary N) is 1. The molecule has 0 aliphatic carbocycles. The van der Waals surface area contributed by atoms with Gasteiger partial charge in [0.2, 0.25) is 5.91 Å². The number of anilines is 1. The lowest BCUT2D eigenvalue weighted by atomic mass is 9.79. The van der Waals surface area contributed by atoms with Crippen molar-refractivity contribution in [3.63, 3.8) is 0 Å². The van der Waals surface area contributed by atoms with Gasteiger partial charge in [-0.3, -0.25) is 4.79 Å². The van der Waals surface area contributed by atoms with Crippen LogP contribution in [0.2, 0.25) is 0 Å². The molecule has 0 bridgehead atoms. The largest absolute Gasteiger partial charge is 0.462 e. The van der Waals surface area contributed by atoms with E-state index in [0.717, 1.165) is 0 Å². The van der Waals surface area contributed by atoms with E-state index in [4.69, 9.17) is 15.2 Å². The standard InChI is InChI=1S/C16H22N2O4/c1-2-22-14(19)12-3-5-13(6-4-12)18-15(20)16(11-17)7-9-21-10-8-16/h3-6H,2,7-11,17H2,1H3,(H,18,20). The summed E-state index contributed by atoms with van der Waals surface area (Å²) < 4.78 is 10.2. The zero-order valence-electron chi connectivity index (χ0n) is 12.8. The summed E-state index contributed by atoms with van der Waals surface area (Å²) in [5.41, 5.74) is 6.34. The van der Waals surface area contributed by atoms with Crippen LogP contribution < -0.4 is 11.1 Å². The van der Waals surface area contributed by atoms with E-state index in [9.17, 15) is 9.59 Å². The van der Waals surface area contributed by atoms with Crippen LogP contribution in [-0.2, 0) is 14.3 Å². The topological polar surface area (TPSA) is 90.7 Å². The Kier molecular flexibility index (Phi) is 5.51. The molecule has 0 aromatic heterocycles. The summed E-state index contributed by atoms with van der Waals surface area (Å²) in [6.07, 6.45) is 1.24. The number of hydrogen-bond donors (Lipinski definition) is 2. The lowest BCUT2D eigenvalue weighted by molar-refractivity contribution is -0.130. The minimum Gasteiger partial charge on any atom is -0.462 e. The molecule has 2 rings (SSSR count). The predicted molar refractivity (Wildman–Crippen MR) is 82.6 cm³/mol. The van der Waals surface area contributed by atoms with E-state index in [1.54, 1.807) is 31.2 Å². The third-order valence-electron chi connectivity index (χ3n) is 3.98. The molecule has 6 heteroatoms. The van der Waals surface area contributed by atoms with Gasteiger partial charge >= 0.3 is 5.97 Å². The minimum absolute atomic E-state index is 0.0952. The van der Waals surface area contributed by atoms with E-state index in [-0.39, 0.29) is 11.9 Å². The highest BCUT2D eigenvalue weighted by molar-refractivity contribution is 5.96. The molecule has 1 heterocycles. The van der Waals surface area contributed by atoms with Gasteiger partial charge in [-0.25, -0.2) is 4.79 Å². The van der Waals surface area contributed by atoms with Crippen molar-refractivity contribution in [1.82, 2.24) is 0 Å². The molecule has 3 N–H and O–H groups in total. The molecule has 1 amide bonds. The lowest BCUT2D eigenvalue weighted by Gasteiger charge is -2.34. The lowest BCUT2D eigenvalue weighted by Crippen LogP contribution is -2.46. The number of benzene rings is 1. The Morgan fingerprint density at radius 1 is 1.27 bits per heavy atom. The second-order valence-corrected chi connectivity index (χ2v) is 5.35. The molecule has 1 aromatic rings. The number of esters is 1. The molecule has 0 saturated carbocycles. The maximum Gasteiger partial charge on any atom is 0.338 e. The van der Waals surface area contributed by atoms with Crippen LogP contribution in [0.25, 0.3) is 0 Å². The maximum atomic E-state index is 12.5. The summed E-state index contributed by atoms with van der Waals surface area (Å²) in [4.78, 5) is 24.1. The van der Waals surface area contributed by atoms with Crippen molar-refractivity contribution in [1.29, 1.82) is 0 Å². The van der Waals surface area contributed by atoms with Gasteiger partial charge in [0, 0.05) is 25.4 Å². The Morgan fingerprint density at radius 2 is 1.91 bits per heavy atom. The van der Waals surface area contributed by atoms with Crippen LogP contribution in [0.3, 0.4) is 0 Å². The molecule has 6 nitrogen and oxygen atoms in total. The molecule has 1 fully saturated rings. The number of ether oxygens (including phenoxy) is 2. The zero-order chi connectivity index (χ0) is 16.0. The maximum absolute atomic E-state index is 12.5. The predicted octanol–water partition coefficient (Wildman–Crippen LogP) is 1.56. The van der Waals surface area contributed by atoms with Crippen molar-refractivity contribution in [2.45, 2.75) is 19.8 Å². The Morgan fingerprint density at radius 3 is 2.45 bits per heavy atom. The highest BCUT2D eigenvalue weighted by Gasteiger charge is 2.38. The van der Waals surface area contributed by atoms with E-state index < -0.39 is 5.41 Å². The van der Waals surface area contributed by atoms with Crippen LogP contribution in [0.5, 0.6) is 0 Å². The smallest absolute Gasteiger partial charge is 0.338 e. The Labute approximate surface area is 130 Å². The molecule has 120 valence electrons. The molecular weight excluding hydrogens is 284 g/mol. The molecule has 0 spiro atoms. The zero-order valence-corrected chi connectivity index (χ0v) is 12.8. The summed E-state index contributed by atoms with van der Waals surface area (Å²) in [6.45, 7) is 3.48. The summed E-state index contributed by atoms with van der Waals surface area (Å²) in [5, 5.41) is 2.87. The Bertz CT molecular complexity index is 521. The average molecular weight is 306 g/mol. The SMILES string of the molecule is CCOC(=O)c1ccc(NC(=O)C2(CN)CCOCC2)cc1. The van der Waals surface area contributed by atoms with Crippen molar-refractivity contribution < 1.29 is 19.1 Å². The highest BCUT2D eigenvalue weighted by Crippen LogP contribution is 2.30. The van der Waals surface area contributed by atoms with E-state index in [2.05, 4.69) is 5.32 Å². The highest BCUT2D eigenvalue weighted by atomic mass is 16.5. The van der Waals surface area contributed by atoms with Crippen LogP contribution in [0, 0.1) is 5.41 Å². The Balaban J connectivity index is 2.03. The van der Waals surface area contributed by atoms with Gasteiger partial charge in [0.15, 0.2) is 0 Å². The fraction of sp³-hybridized carbons (Fsp3) is 0.500. The monoisotopic (exact) mass is 306 g/mol. The van der Waals surface area contributed by atoms with Gasteiger partial charge in [-0.05, 0) is 44.0 Å². The van der Waals surface area contributed by atoms with E-state index in [1.807, 2.05) is 0 Å². The molecule has 1 aromatic carbocycles. The van der Waals surface area contributed by atoms with Gasteiger partial charge in [0.05, 0.1) is 17.6 Å². The molecule has 1 aliphatic rings. The Hall–Kier alpha value is -1.92. The van der Waals surface area contributed by atoms with Crippen LogP contribution in [0.1, 0.15) is 30.1 Å². The van der Waals surface area contributed by atoms with E-state index >= 15 is 0 Å². The normalized spacial score (nSPS) is 16.8. The number of amides is 1. The molecule has 22 heavy (non-hydrogen) atoms. The van der Waals surface area contributed by atoms with Gasteiger partial charge in [-0.15, -0.1) is 0 Å². The number of carbonyl (C=O) groups is 2. The van der Waals surface area contributed by atoms with Crippen LogP contribution in [-0.4, -0.2) is 38.2 Å². The van der Waals surface area contributed by atoms with Crippen molar-refractivity contribution in [3.8, 4) is 0 Å². The van der Waals surface area contributed by atoms with Crippen molar-refractivity contribution in [2.75, 3.05) is 31.7 Å². The fourth-order valence-corrected chi connectivity index (χ4v) is 2.45. The third-order valence-corrected chi connectivity index (χ3v) is 3.98. The van der Waals surface area contributed by atoms with E-state index in [1.165, 1.54) is 0 Å². The summed E-state index contributed by atoms with van der Waals surface area (Å²) >= 11 is 0. The van der Waals surface area contributed by atoms with Crippen LogP contribution in [0.15, 0.2) is 24.3 Å². The molecule has 0 atom stereocenters. The van der Waals surface area contributed by atoms with Crippen LogP contribution in [0.4, 0.5) is 5.69 Å². The first kappa shape index (κ1) is 16.5. The number of carbonyl (C=O) groups excluding carboxylic acids is 2. The average Bonchev–Trinajstić information content (AvgIpc) is 2.56. The van der Waals surface area contributed by atoms with Crippen LogP contribution >= 0.6 is 0 Å². The van der Waals surface area contributed by atoms with Gasteiger partial charge in [-0.1, -0.05) is 0 Å². The number of hydrogen-bond acceptors (Lipinski definition) is 5. The van der Waals surface area contributed by atoms with Crippen molar-refractivity contribution >= 4 is 17.6 Å². The van der Waals surface area contributed by atoms with Crippen molar-refractivity contribution in [2.24, 2.45) is 11.1 Å². The van der Waals surface area contributed by atoms with Gasteiger partial charge in [-0.2, -0.15) is 0 Å². The molecule has 0 unspecified atom stereocenters.